The number of fused-ring (bicyclic) bond motifs is 2. The Bertz CT molecular complexity index is 100. The summed E-state index contributed by atoms with van der Waals surface area (Å²) in [6.07, 6.45) is 7.36. The third kappa shape index (κ3) is 1.74. The normalized spacial score (nSPS) is 36.3. The molecule has 0 aromatic heterocycles. The van der Waals surface area contributed by atoms with Gasteiger partial charge in [-0.15, -0.1) is 0 Å². The van der Waals surface area contributed by atoms with Gasteiger partial charge in [-0.25, -0.2) is 0 Å². The maximum Gasteiger partial charge on any atom is 0.0319 e. The average Bonchev–Trinajstić information content (AvgIpc) is 2.30. The van der Waals surface area contributed by atoms with Crippen LogP contribution in [0.15, 0.2) is 0 Å². The SMILES string of the molecule is CN1[C@@H]2CCC[C@H]1CC2.CO. The Balaban J connectivity index is 0.000000281. The van der Waals surface area contributed by atoms with E-state index in [1.807, 2.05) is 0 Å². The van der Waals surface area contributed by atoms with Crippen LogP contribution in [0.1, 0.15) is 32.1 Å². The number of nitrogens with zero attached hydrogens (tertiary/aromatic N) is 1. The van der Waals surface area contributed by atoms with Gasteiger partial charge in [-0.2, -0.15) is 0 Å². The van der Waals surface area contributed by atoms with Gasteiger partial charge in [0, 0.05) is 19.2 Å². The molecule has 66 valence electrons. The monoisotopic (exact) mass is 157 g/mol. The molecule has 2 heteroatoms. The Morgan fingerprint density at radius 2 is 1.45 bits per heavy atom. The predicted octanol–water partition coefficient (Wildman–Crippen LogP) is 1.24. The summed E-state index contributed by atoms with van der Waals surface area (Å²) in [4.78, 5) is 2.59. The highest BCUT2D eigenvalue weighted by atomic mass is 16.2. The van der Waals surface area contributed by atoms with Crippen molar-refractivity contribution in [2.24, 2.45) is 0 Å². The van der Waals surface area contributed by atoms with Gasteiger partial charge in [0.05, 0.1) is 0 Å². The Hall–Kier alpha value is -0.0800. The predicted molar refractivity (Wildman–Crippen MR) is 46.6 cm³/mol. The first-order chi connectivity index (χ1) is 5.38. The maximum absolute atomic E-state index is 7.00. The van der Waals surface area contributed by atoms with Crippen molar-refractivity contribution in [3.05, 3.63) is 0 Å². The first kappa shape index (κ1) is 9.01. The van der Waals surface area contributed by atoms with Crippen molar-refractivity contribution in [2.75, 3.05) is 14.2 Å². The van der Waals surface area contributed by atoms with E-state index in [9.17, 15) is 0 Å². The number of rotatable bonds is 0. The third-order valence-corrected chi connectivity index (χ3v) is 3.06. The number of hydrogen-bond acceptors (Lipinski definition) is 2. The fourth-order valence-corrected chi connectivity index (χ4v) is 2.38. The number of aliphatic hydroxyl groups is 1. The van der Waals surface area contributed by atoms with Crippen molar-refractivity contribution >= 4 is 0 Å². The molecule has 2 fully saturated rings. The standard InChI is InChI=1S/C8H15N.CH4O/c1-9-7-3-2-4-8(9)6-5-7;1-2/h7-8H,2-6H2,1H3;2H,1H3/t7-,8+;. The van der Waals surface area contributed by atoms with Gasteiger partial charge in [0.2, 0.25) is 0 Å². The maximum atomic E-state index is 7.00. The molecule has 0 aromatic carbocycles. The van der Waals surface area contributed by atoms with E-state index in [0.29, 0.717) is 0 Å². The van der Waals surface area contributed by atoms with Crippen molar-refractivity contribution in [1.82, 2.24) is 4.90 Å². The quantitative estimate of drug-likeness (QED) is 0.572. The molecule has 0 aliphatic carbocycles. The molecule has 2 saturated heterocycles. The van der Waals surface area contributed by atoms with Crippen LogP contribution in [-0.2, 0) is 0 Å². The van der Waals surface area contributed by atoms with Crippen molar-refractivity contribution in [2.45, 2.75) is 44.2 Å². The van der Waals surface area contributed by atoms with Gasteiger partial charge in [0.25, 0.3) is 0 Å². The second-order valence-corrected chi connectivity index (χ2v) is 3.48. The van der Waals surface area contributed by atoms with E-state index in [0.717, 1.165) is 19.2 Å². The van der Waals surface area contributed by atoms with Gasteiger partial charge in [0.15, 0.2) is 0 Å². The van der Waals surface area contributed by atoms with E-state index < -0.39 is 0 Å². The van der Waals surface area contributed by atoms with Crippen LogP contribution < -0.4 is 0 Å². The van der Waals surface area contributed by atoms with Crippen molar-refractivity contribution in [3.63, 3.8) is 0 Å². The molecule has 0 saturated carbocycles. The summed E-state index contributed by atoms with van der Waals surface area (Å²) < 4.78 is 0. The summed E-state index contributed by atoms with van der Waals surface area (Å²) in [7, 11) is 3.29. The van der Waals surface area contributed by atoms with Gasteiger partial charge < -0.3 is 10.0 Å². The van der Waals surface area contributed by atoms with Crippen LogP contribution in [0.4, 0.5) is 0 Å². The first-order valence-electron chi connectivity index (χ1n) is 4.54. The summed E-state index contributed by atoms with van der Waals surface area (Å²) in [5, 5.41) is 7.00. The van der Waals surface area contributed by atoms with Crippen LogP contribution >= 0.6 is 0 Å². The van der Waals surface area contributed by atoms with E-state index in [2.05, 4.69) is 11.9 Å². The molecule has 2 heterocycles. The van der Waals surface area contributed by atoms with Crippen molar-refractivity contribution in [1.29, 1.82) is 0 Å². The van der Waals surface area contributed by atoms with Crippen LogP contribution in [0, 0.1) is 0 Å². The molecule has 0 spiro atoms. The Morgan fingerprint density at radius 3 is 1.82 bits per heavy atom. The zero-order chi connectivity index (χ0) is 8.27. The number of piperidine rings is 1. The largest absolute Gasteiger partial charge is 0.400 e. The van der Waals surface area contributed by atoms with Gasteiger partial charge >= 0.3 is 0 Å². The molecule has 0 amide bonds. The van der Waals surface area contributed by atoms with E-state index in [-0.39, 0.29) is 0 Å². The van der Waals surface area contributed by atoms with Gasteiger partial charge in [0.1, 0.15) is 0 Å². The second kappa shape index (κ2) is 4.07. The summed E-state index contributed by atoms with van der Waals surface area (Å²) in [5.74, 6) is 0. The minimum atomic E-state index is 0.962. The zero-order valence-electron chi connectivity index (χ0n) is 7.58. The Morgan fingerprint density at radius 1 is 1.00 bits per heavy atom. The van der Waals surface area contributed by atoms with E-state index >= 15 is 0 Å². The summed E-state index contributed by atoms with van der Waals surface area (Å²) in [6, 6.07) is 1.92. The lowest BCUT2D eigenvalue weighted by Crippen LogP contribution is -2.35. The summed E-state index contributed by atoms with van der Waals surface area (Å²) in [5.41, 5.74) is 0. The molecule has 11 heavy (non-hydrogen) atoms. The van der Waals surface area contributed by atoms with Crippen LogP contribution in [0.2, 0.25) is 0 Å². The minimum absolute atomic E-state index is 0.962. The van der Waals surface area contributed by atoms with E-state index in [1.165, 1.54) is 32.1 Å². The molecule has 2 aliphatic rings. The van der Waals surface area contributed by atoms with Gasteiger partial charge in [-0.05, 0) is 32.7 Å². The molecule has 2 atom stereocenters. The minimum Gasteiger partial charge on any atom is -0.400 e. The third-order valence-electron chi connectivity index (χ3n) is 3.06. The number of hydrogen-bond donors (Lipinski definition) is 1. The molecule has 0 unspecified atom stereocenters. The average molecular weight is 157 g/mol. The lowest BCUT2D eigenvalue weighted by atomic mass is 10.0. The smallest absolute Gasteiger partial charge is 0.0319 e. The lowest BCUT2D eigenvalue weighted by Gasteiger charge is -2.30. The highest BCUT2D eigenvalue weighted by Gasteiger charge is 2.33. The fourth-order valence-electron chi connectivity index (χ4n) is 2.38. The Labute approximate surface area is 69.2 Å². The molecule has 0 radical (unpaired) electrons. The second-order valence-electron chi connectivity index (χ2n) is 3.48. The molecule has 2 bridgehead atoms. The van der Waals surface area contributed by atoms with Crippen LogP contribution in [-0.4, -0.2) is 36.2 Å². The molecule has 2 nitrogen and oxygen atoms in total. The van der Waals surface area contributed by atoms with Crippen LogP contribution in [0.25, 0.3) is 0 Å². The molecular weight excluding hydrogens is 138 g/mol. The first-order valence-corrected chi connectivity index (χ1v) is 4.54. The topological polar surface area (TPSA) is 23.5 Å². The zero-order valence-corrected chi connectivity index (χ0v) is 7.58. The molecule has 1 N–H and O–H groups in total. The highest BCUT2D eigenvalue weighted by Crippen LogP contribution is 2.33. The van der Waals surface area contributed by atoms with E-state index in [1.54, 1.807) is 0 Å². The van der Waals surface area contributed by atoms with Crippen molar-refractivity contribution < 1.29 is 5.11 Å². The van der Waals surface area contributed by atoms with E-state index in [4.69, 9.17) is 5.11 Å². The molecule has 2 aliphatic heterocycles. The molecule has 0 aromatic rings. The van der Waals surface area contributed by atoms with Gasteiger partial charge in [-0.3, -0.25) is 0 Å². The summed E-state index contributed by atoms with van der Waals surface area (Å²) >= 11 is 0. The fraction of sp³-hybridized carbons (Fsp3) is 1.00. The van der Waals surface area contributed by atoms with Crippen LogP contribution in [0.3, 0.4) is 0 Å². The summed E-state index contributed by atoms with van der Waals surface area (Å²) in [6.45, 7) is 0. The number of aliphatic hydroxyl groups excluding tert-OH is 1. The van der Waals surface area contributed by atoms with Gasteiger partial charge in [-0.1, -0.05) is 6.42 Å². The molecular formula is C9H19NO. The Kier molecular flexibility index (Phi) is 3.34. The lowest BCUT2D eigenvalue weighted by molar-refractivity contribution is 0.179. The molecule has 2 rings (SSSR count). The van der Waals surface area contributed by atoms with Crippen LogP contribution in [0.5, 0.6) is 0 Å². The van der Waals surface area contributed by atoms with Crippen molar-refractivity contribution in [3.8, 4) is 0 Å². The highest BCUT2D eigenvalue weighted by molar-refractivity contribution is 4.89.